The Morgan fingerprint density at radius 2 is 1.39 bits per heavy atom. The second-order valence-electron chi connectivity index (χ2n) is 18.4. The van der Waals surface area contributed by atoms with Crippen molar-refractivity contribution in [2.45, 2.75) is 45.4 Å². The summed E-state index contributed by atoms with van der Waals surface area (Å²) < 4.78 is 15.2. The third-order valence-electron chi connectivity index (χ3n) is 13.6. The average Bonchev–Trinajstić information content (AvgIpc) is 3.35. The lowest BCUT2D eigenvalue weighted by atomic mass is 9.71. The number of hydrogen-bond donors (Lipinski definition) is 0. The molecule has 11 rings (SSSR count). The number of aromatic nitrogens is 3. The Morgan fingerprint density at radius 1 is 0.773 bits per heavy atom. The van der Waals surface area contributed by atoms with Crippen LogP contribution in [0.3, 0.4) is 0 Å². The molecule has 3 aliphatic rings. The van der Waals surface area contributed by atoms with Crippen LogP contribution in [0.15, 0.2) is 177 Å². The fourth-order valence-electron chi connectivity index (χ4n) is 10.5. The van der Waals surface area contributed by atoms with Crippen molar-refractivity contribution in [3.05, 3.63) is 193 Å². The summed E-state index contributed by atoms with van der Waals surface area (Å²) in [6, 6.07) is 52.8. The van der Waals surface area contributed by atoms with E-state index in [1.54, 1.807) is 12.1 Å². The smallest absolute Gasteiger partial charge is 0.227 e. The van der Waals surface area contributed by atoms with Crippen LogP contribution in [0.5, 0.6) is 17.4 Å². The van der Waals surface area contributed by atoms with Gasteiger partial charge in [-0.25, -0.2) is 4.98 Å². The molecule has 4 unspecified atom stereocenters. The Kier molecular flexibility index (Phi) is 12.1. The SMILES string of the molecule is C=CC1C[N+]2(Cc3cc(-c4ccccc4)c(OCC(C)C)c(-c4ccccc4)c3)CCC1CC2[C@H](Oc1nc(-c2ccccc2)nc(Cl)c1-c1ccccc1)c1ccnc2ccc([O-])cc12. The van der Waals surface area contributed by atoms with Gasteiger partial charge in [0.15, 0.2) is 11.9 Å². The molecule has 3 saturated heterocycles. The third kappa shape index (κ3) is 8.57. The van der Waals surface area contributed by atoms with Crippen molar-refractivity contribution in [1.29, 1.82) is 0 Å². The van der Waals surface area contributed by atoms with E-state index < -0.39 is 6.10 Å². The first-order valence-corrected chi connectivity index (χ1v) is 23.4. The Balaban J connectivity index is 1.18. The molecule has 2 bridgehead atoms. The average molecular weight is 890 g/mol. The van der Waals surface area contributed by atoms with E-state index >= 15 is 0 Å². The molecule has 6 aromatic carbocycles. The highest BCUT2D eigenvalue weighted by Gasteiger charge is 2.55. The molecule has 8 aromatic rings. The molecular formula is C58H53ClN4O3. The number of fused-ring (bicyclic) bond motifs is 4. The van der Waals surface area contributed by atoms with Gasteiger partial charge in [-0.3, -0.25) is 4.98 Å². The first-order valence-electron chi connectivity index (χ1n) is 23.1. The quantitative estimate of drug-likeness (QED) is 0.0615. The van der Waals surface area contributed by atoms with Gasteiger partial charge in [0.2, 0.25) is 5.88 Å². The minimum atomic E-state index is -0.571. The molecule has 330 valence electrons. The first kappa shape index (κ1) is 43.1. The van der Waals surface area contributed by atoms with Crippen LogP contribution < -0.4 is 14.6 Å². The third-order valence-corrected chi connectivity index (χ3v) is 13.9. The van der Waals surface area contributed by atoms with Crippen molar-refractivity contribution in [3.63, 3.8) is 0 Å². The van der Waals surface area contributed by atoms with Gasteiger partial charge in [-0.2, -0.15) is 4.98 Å². The fraction of sp³-hybridized carbons (Fsp3) is 0.224. The second-order valence-corrected chi connectivity index (χ2v) is 18.7. The molecule has 5 heterocycles. The van der Waals surface area contributed by atoms with E-state index in [4.69, 9.17) is 36.0 Å². The van der Waals surface area contributed by atoms with Crippen LogP contribution in [-0.2, 0) is 6.54 Å². The van der Waals surface area contributed by atoms with Crippen molar-refractivity contribution >= 4 is 22.5 Å². The number of piperidine rings is 3. The van der Waals surface area contributed by atoms with E-state index in [9.17, 15) is 5.11 Å². The van der Waals surface area contributed by atoms with Crippen LogP contribution in [0.4, 0.5) is 0 Å². The number of halogens is 1. The maximum atomic E-state index is 13.3. The zero-order chi connectivity index (χ0) is 45.2. The van der Waals surface area contributed by atoms with Gasteiger partial charge in [0.25, 0.3) is 0 Å². The molecule has 0 saturated carbocycles. The fourth-order valence-corrected chi connectivity index (χ4v) is 10.8. The lowest BCUT2D eigenvalue weighted by Crippen LogP contribution is -2.68. The van der Waals surface area contributed by atoms with E-state index in [1.807, 2.05) is 79.0 Å². The van der Waals surface area contributed by atoms with Crippen molar-refractivity contribution in [3.8, 4) is 62.1 Å². The Morgan fingerprint density at radius 3 is 2.02 bits per heavy atom. The van der Waals surface area contributed by atoms with E-state index in [1.165, 1.54) is 5.56 Å². The number of pyridine rings is 1. The zero-order valence-corrected chi connectivity index (χ0v) is 38.1. The van der Waals surface area contributed by atoms with Crippen molar-refractivity contribution in [2.24, 2.45) is 17.8 Å². The van der Waals surface area contributed by atoms with Gasteiger partial charge in [0.05, 0.1) is 30.8 Å². The predicted molar refractivity (Wildman–Crippen MR) is 264 cm³/mol. The Labute approximate surface area is 392 Å². The standard InChI is InChI=1S/C58H53ClN4O3/c1-4-40-36-63(35-39-31-48(41-17-9-5-10-18-41)54(65-37-38(2)3)49(32-39)42-19-11-6-12-20-42)30-28-45(40)33-52(63)55(47-27-29-60-51-26-25-46(64)34-50(47)51)66-58-53(43-21-13-7-14-22-43)56(59)61-57(62-58)44-23-15-8-16-24-44/h4-27,29,31-32,34,38,40,45,52,55H,1,28,30,33,35-37H2,2-3H3/t40?,45?,52?,55-,63?/m1/s1. The van der Waals surface area contributed by atoms with E-state index in [0.29, 0.717) is 46.8 Å². The normalized spacial score (nSPS) is 19.4. The summed E-state index contributed by atoms with van der Waals surface area (Å²) in [7, 11) is 0. The lowest BCUT2D eigenvalue weighted by molar-refractivity contribution is -0.984. The summed E-state index contributed by atoms with van der Waals surface area (Å²) in [4.78, 5) is 14.8. The van der Waals surface area contributed by atoms with E-state index in [0.717, 1.165) is 92.6 Å². The highest BCUT2D eigenvalue weighted by molar-refractivity contribution is 6.32. The number of ether oxygens (including phenoxy) is 2. The molecule has 5 atom stereocenters. The van der Waals surface area contributed by atoms with Crippen LogP contribution in [-0.4, -0.2) is 45.2 Å². The van der Waals surface area contributed by atoms with Crippen molar-refractivity contribution in [1.82, 2.24) is 15.0 Å². The molecule has 7 nitrogen and oxygen atoms in total. The number of rotatable bonds is 14. The zero-order valence-electron chi connectivity index (χ0n) is 37.4. The van der Waals surface area contributed by atoms with Gasteiger partial charge in [0.1, 0.15) is 23.5 Å². The number of quaternary nitrogens is 1. The molecule has 0 spiro atoms. The molecular weight excluding hydrogens is 836 g/mol. The van der Waals surface area contributed by atoms with Crippen molar-refractivity contribution in [2.75, 3.05) is 19.7 Å². The maximum absolute atomic E-state index is 13.3. The van der Waals surface area contributed by atoms with Gasteiger partial charge in [-0.15, -0.1) is 12.3 Å². The van der Waals surface area contributed by atoms with Crippen LogP contribution >= 0.6 is 11.6 Å². The predicted octanol–water partition coefficient (Wildman–Crippen LogP) is 13.2. The minimum Gasteiger partial charge on any atom is -0.872 e. The van der Waals surface area contributed by atoms with Crippen LogP contribution in [0.2, 0.25) is 5.15 Å². The highest BCUT2D eigenvalue weighted by atomic mass is 35.5. The summed E-state index contributed by atoms with van der Waals surface area (Å²) in [5.74, 6) is 2.72. The second kappa shape index (κ2) is 18.6. The topological polar surface area (TPSA) is 80.2 Å². The maximum Gasteiger partial charge on any atom is 0.227 e. The molecule has 3 fully saturated rings. The lowest BCUT2D eigenvalue weighted by Gasteiger charge is -2.58. The van der Waals surface area contributed by atoms with Crippen molar-refractivity contribution < 1.29 is 19.1 Å². The molecule has 8 heteroatoms. The van der Waals surface area contributed by atoms with Crippen LogP contribution in [0.1, 0.15) is 43.9 Å². The number of benzene rings is 6. The summed E-state index contributed by atoms with van der Waals surface area (Å²) in [5, 5.41) is 14.3. The van der Waals surface area contributed by atoms with Gasteiger partial charge < -0.3 is 19.1 Å². The molecule has 66 heavy (non-hydrogen) atoms. The summed E-state index contributed by atoms with van der Waals surface area (Å²) >= 11 is 7.26. The van der Waals surface area contributed by atoms with Crippen LogP contribution in [0.25, 0.3) is 55.7 Å². The van der Waals surface area contributed by atoms with E-state index in [-0.39, 0.29) is 11.8 Å². The van der Waals surface area contributed by atoms with Gasteiger partial charge in [-0.05, 0) is 52.8 Å². The molecule has 0 N–H and O–H groups in total. The number of nitrogens with zero attached hydrogens (tertiary/aromatic N) is 4. The highest BCUT2D eigenvalue weighted by Crippen LogP contribution is 2.51. The first-order chi connectivity index (χ1) is 32.3. The molecule has 3 aliphatic heterocycles. The summed E-state index contributed by atoms with van der Waals surface area (Å²) in [6.45, 7) is 11.9. The Bertz CT molecular complexity index is 2930. The molecule has 2 aromatic heterocycles. The molecule has 0 radical (unpaired) electrons. The molecule has 0 amide bonds. The minimum absolute atomic E-state index is 0.0735. The Hall–Kier alpha value is -6.80. The monoisotopic (exact) mass is 888 g/mol. The summed E-state index contributed by atoms with van der Waals surface area (Å²) in [5.41, 5.74) is 9.48. The summed E-state index contributed by atoms with van der Waals surface area (Å²) in [6.07, 6.45) is 5.37. The largest absolute Gasteiger partial charge is 0.872 e. The van der Waals surface area contributed by atoms with Gasteiger partial charge in [-0.1, -0.05) is 165 Å². The van der Waals surface area contributed by atoms with Crippen LogP contribution in [0, 0.1) is 17.8 Å². The van der Waals surface area contributed by atoms with E-state index in [2.05, 4.69) is 99.3 Å². The van der Waals surface area contributed by atoms with Gasteiger partial charge >= 0.3 is 0 Å². The van der Waals surface area contributed by atoms with Gasteiger partial charge in [0, 0.05) is 58.2 Å². The molecule has 0 aliphatic carbocycles. The number of hydrogen-bond acceptors (Lipinski definition) is 6.